The van der Waals surface area contributed by atoms with Crippen molar-refractivity contribution in [3.8, 4) is 0 Å². The second-order valence-corrected chi connectivity index (χ2v) is 2.15. The normalized spacial score (nSPS) is 13.5. The maximum absolute atomic E-state index is 8.30. The Balaban J connectivity index is 2.97. The zero-order chi connectivity index (χ0) is 7.82. The van der Waals surface area contributed by atoms with Crippen molar-refractivity contribution < 1.29 is 14.6 Å². The van der Waals surface area contributed by atoms with Gasteiger partial charge in [-0.05, 0) is 6.92 Å². The van der Waals surface area contributed by atoms with Crippen molar-refractivity contribution in [1.82, 2.24) is 0 Å². The molecule has 0 aliphatic carbocycles. The third-order valence-electron chi connectivity index (χ3n) is 0.832. The highest BCUT2D eigenvalue weighted by Crippen LogP contribution is 1.97. The Morgan fingerprint density at radius 2 is 2.30 bits per heavy atom. The standard InChI is InChI=1S/C6H13ClO3/c1-2-10-6(7)5-9-4-3-8/h6,8H,2-5H2,1H3. The van der Waals surface area contributed by atoms with Crippen LogP contribution < -0.4 is 0 Å². The van der Waals surface area contributed by atoms with Gasteiger partial charge in [0.2, 0.25) is 0 Å². The van der Waals surface area contributed by atoms with Gasteiger partial charge in [-0.1, -0.05) is 11.6 Å². The highest BCUT2D eigenvalue weighted by molar-refractivity contribution is 6.19. The van der Waals surface area contributed by atoms with E-state index in [1.807, 2.05) is 6.92 Å². The molecule has 1 atom stereocenters. The number of ether oxygens (including phenoxy) is 2. The summed E-state index contributed by atoms with van der Waals surface area (Å²) in [6, 6.07) is 0. The summed E-state index contributed by atoms with van der Waals surface area (Å²) >= 11 is 5.59. The number of aliphatic hydroxyl groups excluding tert-OH is 1. The molecule has 0 aromatic rings. The fourth-order valence-corrected chi connectivity index (χ4v) is 0.685. The van der Waals surface area contributed by atoms with Gasteiger partial charge in [-0.2, -0.15) is 0 Å². The van der Waals surface area contributed by atoms with Crippen LogP contribution in [0.25, 0.3) is 0 Å². The zero-order valence-electron chi connectivity index (χ0n) is 6.05. The van der Waals surface area contributed by atoms with Gasteiger partial charge in [-0.25, -0.2) is 0 Å². The Labute approximate surface area is 65.9 Å². The minimum absolute atomic E-state index is 0.0235. The Kier molecular flexibility index (Phi) is 7.40. The van der Waals surface area contributed by atoms with Crippen molar-refractivity contribution >= 4 is 11.6 Å². The van der Waals surface area contributed by atoms with E-state index in [9.17, 15) is 0 Å². The first kappa shape index (κ1) is 10.2. The van der Waals surface area contributed by atoms with E-state index in [1.165, 1.54) is 0 Å². The molecule has 0 saturated heterocycles. The number of rotatable bonds is 6. The number of halogens is 1. The molecule has 10 heavy (non-hydrogen) atoms. The first-order chi connectivity index (χ1) is 4.81. The predicted octanol–water partition coefficient (Wildman–Crippen LogP) is 0.597. The maximum atomic E-state index is 8.30. The molecule has 0 aliphatic heterocycles. The molecule has 3 nitrogen and oxygen atoms in total. The Morgan fingerprint density at radius 1 is 1.60 bits per heavy atom. The smallest absolute Gasteiger partial charge is 0.154 e. The third kappa shape index (κ3) is 6.29. The molecular formula is C6H13ClO3. The van der Waals surface area contributed by atoms with E-state index in [4.69, 9.17) is 26.2 Å². The lowest BCUT2D eigenvalue weighted by Crippen LogP contribution is -2.14. The topological polar surface area (TPSA) is 38.7 Å². The molecule has 0 rings (SSSR count). The molecule has 0 amide bonds. The third-order valence-corrected chi connectivity index (χ3v) is 1.08. The quantitative estimate of drug-likeness (QED) is 0.466. The lowest BCUT2D eigenvalue weighted by molar-refractivity contribution is 0.0181. The van der Waals surface area contributed by atoms with E-state index >= 15 is 0 Å². The van der Waals surface area contributed by atoms with Gasteiger partial charge in [-0.3, -0.25) is 0 Å². The van der Waals surface area contributed by atoms with E-state index in [0.29, 0.717) is 19.8 Å². The molecule has 1 unspecified atom stereocenters. The molecule has 4 heteroatoms. The molecule has 0 fully saturated rings. The zero-order valence-corrected chi connectivity index (χ0v) is 6.80. The summed E-state index contributed by atoms with van der Waals surface area (Å²) < 4.78 is 9.84. The summed E-state index contributed by atoms with van der Waals surface area (Å²) in [5.74, 6) is 0. The Bertz CT molecular complexity index is 70.0. The van der Waals surface area contributed by atoms with Crippen LogP contribution in [0.1, 0.15) is 6.92 Å². The van der Waals surface area contributed by atoms with Gasteiger partial charge in [0.05, 0.1) is 19.8 Å². The van der Waals surface area contributed by atoms with Crippen LogP contribution >= 0.6 is 11.6 Å². The van der Waals surface area contributed by atoms with Gasteiger partial charge in [0, 0.05) is 6.61 Å². The molecule has 0 spiro atoms. The summed E-state index contributed by atoms with van der Waals surface area (Å²) in [6.45, 7) is 3.11. The van der Waals surface area contributed by atoms with Crippen molar-refractivity contribution in [1.29, 1.82) is 0 Å². The van der Waals surface area contributed by atoms with E-state index in [-0.39, 0.29) is 6.61 Å². The molecule has 62 valence electrons. The number of alkyl halides is 1. The number of aliphatic hydroxyl groups is 1. The lowest BCUT2D eigenvalue weighted by Gasteiger charge is -2.08. The molecule has 0 saturated carbocycles. The van der Waals surface area contributed by atoms with Crippen LogP contribution in [0.5, 0.6) is 0 Å². The summed E-state index contributed by atoms with van der Waals surface area (Å²) in [6.07, 6.45) is 0. The van der Waals surface area contributed by atoms with Gasteiger partial charge < -0.3 is 14.6 Å². The minimum Gasteiger partial charge on any atom is -0.394 e. The fourth-order valence-electron chi connectivity index (χ4n) is 0.469. The van der Waals surface area contributed by atoms with Crippen LogP contribution in [0, 0.1) is 0 Å². The number of hydrogen-bond acceptors (Lipinski definition) is 3. The van der Waals surface area contributed by atoms with E-state index in [0.717, 1.165) is 0 Å². The Hall–Kier alpha value is 0.170. The Morgan fingerprint density at radius 3 is 2.80 bits per heavy atom. The van der Waals surface area contributed by atoms with Gasteiger partial charge in [0.15, 0.2) is 5.56 Å². The second-order valence-electron chi connectivity index (χ2n) is 1.66. The van der Waals surface area contributed by atoms with Gasteiger partial charge in [0.25, 0.3) is 0 Å². The van der Waals surface area contributed by atoms with Crippen molar-refractivity contribution in [3.05, 3.63) is 0 Å². The molecule has 0 bridgehead atoms. The van der Waals surface area contributed by atoms with E-state index < -0.39 is 5.56 Å². The van der Waals surface area contributed by atoms with Crippen molar-refractivity contribution in [3.63, 3.8) is 0 Å². The highest BCUT2D eigenvalue weighted by atomic mass is 35.5. The highest BCUT2D eigenvalue weighted by Gasteiger charge is 2.01. The van der Waals surface area contributed by atoms with Crippen LogP contribution in [-0.4, -0.2) is 37.1 Å². The summed E-state index contributed by atoms with van der Waals surface area (Å²) in [5.41, 5.74) is -0.392. The molecular weight excluding hydrogens is 156 g/mol. The van der Waals surface area contributed by atoms with Gasteiger partial charge in [-0.15, -0.1) is 0 Å². The van der Waals surface area contributed by atoms with Gasteiger partial charge in [0.1, 0.15) is 0 Å². The van der Waals surface area contributed by atoms with Crippen LogP contribution in [-0.2, 0) is 9.47 Å². The minimum atomic E-state index is -0.392. The molecule has 0 aromatic heterocycles. The fraction of sp³-hybridized carbons (Fsp3) is 1.00. The SMILES string of the molecule is CCOC(Cl)COCCO. The summed E-state index contributed by atoms with van der Waals surface area (Å²) in [7, 11) is 0. The largest absolute Gasteiger partial charge is 0.394 e. The average Bonchev–Trinajstić information content (AvgIpc) is 1.89. The van der Waals surface area contributed by atoms with Crippen molar-refractivity contribution in [2.75, 3.05) is 26.4 Å². The molecule has 0 aromatic carbocycles. The molecule has 1 N–H and O–H groups in total. The van der Waals surface area contributed by atoms with Crippen molar-refractivity contribution in [2.24, 2.45) is 0 Å². The van der Waals surface area contributed by atoms with E-state index in [1.54, 1.807) is 0 Å². The van der Waals surface area contributed by atoms with Crippen LogP contribution in [0.15, 0.2) is 0 Å². The molecule has 0 aliphatic rings. The average molecular weight is 169 g/mol. The molecule has 0 radical (unpaired) electrons. The summed E-state index contributed by atoms with van der Waals surface area (Å²) in [4.78, 5) is 0. The predicted molar refractivity (Wildman–Crippen MR) is 39.2 cm³/mol. The second kappa shape index (κ2) is 7.28. The van der Waals surface area contributed by atoms with Crippen LogP contribution in [0.2, 0.25) is 0 Å². The summed E-state index contributed by atoms with van der Waals surface area (Å²) in [5, 5.41) is 8.30. The number of hydrogen-bond donors (Lipinski definition) is 1. The van der Waals surface area contributed by atoms with E-state index in [2.05, 4.69) is 0 Å². The lowest BCUT2D eigenvalue weighted by atomic mass is 10.7. The monoisotopic (exact) mass is 168 g/mol. The van der Waals surface area contributed by atoms with Gasteiger partial charge >= 0.3 is 0 Å². The maximum Gasteiger partial charge on any atom is 0.154 e. The first-order valence-corrected chi connectivity index (χ1v) is 3.69. The van der Waals surface area contributed by atoms with Crippen molar-refractivity contribution in [2.45, 2.75) is 12.5 Å². The van der Waals surface area contributed by atoms with Crippen LogP contribution in [0.3, 0.4) is 0 Å². The molecule has 0 heterocycles. The first-order valence-electron chi connectivity index (χ1n) is 3.25. The van der Waals surface area contributed by atoms with Crippen LogP contribution in [0.4, 0.5) is 0 Å².